The van der Waals surface area contributed by atoms with Gasteiger partial charge in [0.1, 0.15) is 6.10 Å². The highest BCUT2D eigenvalue weighted by Crippen LogP contribution is 2.66. The summed E-state index contributed by atoms with van der Waals surface area (Å²) in [5.41, 5.74) is 6.91. The van der Waals surface area contributed by atoms with Crippen molar-refractivity contribution in [2.24, 2.45) is 0 Å². The minimum Gasteiger partial charge on any atom is -0.504 e. The van der Waals surface area contributed by atoms with Crippen molar-refractivity contribution in [2.45, 2.75) is 54.9 Å². The molecule has 8 nitrogen and oxygen atoms in total. The van der Waals surface area contributed by atoms with E-state index in [-0.39, 0.29) is 23.6 Å². The van der Waals surface area contributed by atoms with E-state index in [1.807, 2.05) is 12.1 Å². The van der Waals surface area contributed by atoms with Gasteiger partial charge in [0.2, 0.25) is 0 Å². The summed E-state index contributed by atoms with van der Waals surface area (Å²) in [4.78, 5) is 30.6. The zero-order valence-corrected chi connectivity index (χ0v) is 19.2. The maximum Gasteiger partial charge on any atom is 0.262 e. The molecule has 2 aromatic rings. The van der Waals surface area contributed by atoms with Gasteiger partial charge in [-0.25, -0.2) is 0 Å². The van der Waals surface area contributed by atoms with E-state index >= 15 is 0 Å². The molecule has 7 rings (SSSR count). The first-order valence-corrected chi connectivity index (χ1v) is 12.2. The predicted octanol–water partition coefficient (Wildman–Crippen LogP) is 1.98. The predicted molar refractivity (Wildman–Crippen MR) is 127 cm³/mol. The van der Waals surface area contributed by atoms with Crippen LogP contribution in [0, 0.1) is 0 Å². The van der Waals surface area contributed by atoms with Crippen molar-refractivity contribution >= 4 is 17.5 Å². The molecule has 2 aromatic carbocycles. The molecule has 35 heavy (non-hydrogen) atoms. The van der Waals surface area contributed by atoms with Crippen LogP contribution in [0.2, 0.25) is 0 Å². The first-order valence-electron chi connectivity index (χ1n) is 12.2. The van der Waals surface area contributed by atoms with Crippen LogP contribution in [0.5, 0.6) is 11.5 Å². The molecule has 2 fully saturated rings. The molecule has 3 heterocycles. The van der Waals surface area contributed by atoms with Crippen molar-refractivity contribution in [1.29, 1.82) is 0 Å². The van der Waals surface area contributed by atoms with Crippen LogP contribution >= 0.6 is 0 Å². The number of hydrogen-bond acceptors (Lipinski definition) is 7. The van der Waals surface area contributed by atoms with Gasteiger partial charge < -0.3 is 20.7 Å². The number of nitrogen functional groups attached to an aromatic ring is 1. The average molecular weight is 474 g/mol. The molecule has 1 spiro atoms. The number of piperidine rings is 1. The minimum atomic E-state index is -1.12. The summed E-state index contributed by atoms with van der Waals surface area (Å²) < 4.78 is 6.49. The Morgan fingerprint density at radius 1 is 1.17 bits per heavy atom. The number of nitrogens with zero attached hydrogens (tertiary/aromatic N) is 2. The van der Waals surface area contributed by atoms with Gasteiger partial charge in [0.15, 0.2) is 11.5 Å². The molecular formula is C27H27N3O5. The van der Waals surface area contributed by atoms with Gasteiger partial charge in [-0.2, -0.15) is 0 Å². The van der Waals surface area contributed by atoms with Gasteiger partial charge in [-0.3, -0.25) is 19.4 Å². The molecule has 0 unspecified atom stereocenters. The van der Waals surface area contributed by atoms with Gasteiger partial charge in [0, 0.05) is 23.8 Å². The molecule has 5 atom stereocenters. The number of rotatable bonds is 3. The van der Waals surface area contributed by atoms with Crippen LogP contribution in [0.15, 0.2) is 43.0 Å². The van der Waals surface area contributed by atoms with Crippen LogP contribution in [0.4, 0.5) is 5.69 Å². The number of aromatic hydroxyl groups is 1. The minimum absolute atomic E-state index is 0.0238. The van der Waals surface area contributed by atoms with Crippen molar-refractivity contribution in [2.75, 3.05) is 18.8 Å². The number of imide groups is 1. The Hall–Kier alpha value is -3.36. The molecule has 0 aromatic heterocycles. The molecule has 2 bridgehead atoms. The molecule has 4 N–H and O–H groups in total. The van der Waals surface area contributed by atoms with E-state index in [9.17, 15) is 19.8 Å². The lowest BCUT2D eigenvalue weighted by Gasteiger charge is -2.64. The van der Waals surface area contributed by atoms with Gasteiger partial charge >= 0.3 is 0 Å². The van der Waals surface area contributed by atoms with Gasteiger partial charge in [-0.1, -0.05) is 12.1 Å². The second-order valence-corrected chi connectivity index (χ2v) is 10.5. The molecule has 1 saturated carbocycles. The van der Waals surface area contributed by atoms with E-state index in [0.29, 0.717) is 54.8 Å². The SMILES string of the molecule is C=CCN1CC[C@]23c4c5ccc(O)c4O[C@H]2[C@H](N2C(=O)c4ccc(N)cc4C2=O)CC[C@@]3(O)[C@H]1C5. The number of ether oxygens (including phenoxy) is 1. The van der Waals surface area contributed by atoms with Crippen LogP contribution in [-0.2, 0) is 11.8 Å². The number of nitrogens with two attached hydrogens (primary N) is 1. The number of aliphatic hydroxyl groups is 1. The van der Waals surface area contributed by atoms with Gasteiger partial charge in [0.25, 0.3) is 11.8 Å². The van der Waals surface area contributed by atoms with Crippen molar-refractivity contribution in [1.82, 2.24) is 9.80 Å². The second kappa shape index (κ2) is 6.65. The Morgan fingerprint density at radius 3 is 2.77 bits per heavy atom. The Kier molecular flexibility index (Phi) is 3.98. The summed E-state index contributed by atoms with van der Waals surface area (Å²) in [6, 6.07) is 7.60. The van der Waals surface area contributed by atoms with Crippen molar-refractivity contribution in [3.63, 3.8) is 0 Å². The summed E-state index contributed by atoms with van der Waals surface area (Å²) in [7, 11) is 0. The lowest BCUT2D eigenvalue weighted by molar-refractivity contribution is -0.194. The zero-order valence-electron chi connectivity index (χ0n) is 19.2. The van der Waals surface area contributed by atoms with E-state index in [2.05, 4.69) is 11.5 Å². The normalized spacial score (nSPS) is 34.4. The fourth-order valence-electron chi connectivity index (χ4n) is 7.83. The number of carbonyl (C=O) groups is 2. The number of fused-ring (bicyclic) bond motifs is 1. The fourth-order valence-corrected chi connectivity index (χ4v) is 7.83. The lowest BCUT2D eigenvalue weighted by atomic mass is 9.48. The van der Waals surface area contributed by atoms with Gasteiger partial charge in [-0.05, 0) is 62.1 Å². The standard InChI is InChI=1S/C27H27N3O5/c1-2-10-29-11-9-26-21-14-3-6-19(31)22(21)35-23(26)18(7-8-27(26,34)20(29)12-14)30-24(32)16-5-4-15(28)13-17(16)25(30)33/h2-6,13,18,20,23,31,34H,1,7-12,28H2/t18-,20-,23+,26+,27-/m1/s1. The van der Waals surface area contributed by atoms with E-state index in [4.69, 9.17) is 10.5 Å². The summed E-state index contributed by atoms with van der Waals surface area (Å²) >= 11 is 0. The maximum absolute atomic E-state index is 13.5. The lowest BCUT2D eigenvalue weighted by Crippen LogP contribution is -2.78. The molecule has 0 radical (unpaired) electrons. The number of hydrogen-bond donors (Lipinski definition) is 3. The molecule has 5 aliphatic rings. The van der Waals surface area contributed by atoms with Gasteiger partial charge in [-0.15, -0.1) is 6.58 Å². The third-order valence-electron chi connectivity index (χ3n) is 9.18. The monoisotopic (exact) mass is 473 g/mol. The van der Waals surface area contributed by atoms with E-state index in [0.717, 1.165) is 17.7 Å². The highest BCUT2D eigenvalue weighted by atomic mass is 16.5. The van der Waals surface area contributed by atoms with Crippen LogP contribution in [0.1, 0.15) is 51.1 Å². The molecular weight excluding hydrogens is 446 g/mol. The molecule has 2 aliphatic carbocycles. The Morgan fingerprint density at radius 2 is 1.97 bits per heavy atom. The quantitative estimate of drug-likeness (QED) is 0.355. The summed E-state index contributed by atoms with van der Waals surface area (Å²) in [5.74, 6) is -0.341. The van der Waals surface area contributed by atoms with E-state index in [1.165, 1.54) is 4.90 Å². The second-order valence-electron chi connectivity index (χ2n) is 10.5. The van der Waals surface area contributed by atoms with Crippen LogP contribution < -0.4 is 10.5 Å². The maximum atomic E-state index is 13.5. The number of anilines is 1. The molecule has 8 heteroatoms. The molecule has 2 amide bonds. The highest BCUT2D eigenvalue weighted by Gasteiger charge is 2.74. The van der Waals surface area contributed by atoms with Crippen molar-refractivity contribution in [3.05, 3.63) is 65.2 Å². The number of amides is 2. The summed E-state index contributed by atoms with van der Waals surface area (Å²) in [6.07, 6.45) is 3.26. The number of likely N-dealkylation sites (tertiary alicyclic amines) is 1. The Labute approximate surface area is 202 Å². The first-order chi connectivity index (χ1) is 16.8. The summed E-state index contributed by atoms with van der Waals surface area (Å²) in [6.45, 7) is 5.29. The van der Waals surface area contributed by atoms with Crippen LogP contribution in [0.3, 0.4) is 0 Å². The average Bonchev–Trinajstić information content (AvgIpc) is 3.30. The van der Waals surface area contributed by atoms with Crippen molar-refractivity contribution < 1.29 is 24.5 Å². The number of phenolic OH excluding ortho intramolecular Hbond substituents is 1. The molecule has 180 valence electrons. The van der Waals surface area contributed by atoms with Crippen molar-refractivity contribution in [3.8, 4) is 11.5 Å². The largest absolute Gasteiger partial charge is 0.504 e. The van der Waals surface area contributed by atoms with E-state index in [1.54, 1.807) is 24.3 Å². The number of carbonyl (C=O) groups excluding carboxylic acids is 2. The third kappa shape index (κ3) is 2.30. The topological polar surface area (TPSA) is 116 Å². The van der Waals surface area contributed by atoms with Gasteiger partial charge in [0.05, 0.1) is 28.2 Å². The highest BCUT2D eigenvalue weighted by molar-refractivity contribution is 6.22. The summed E-state index contributed by atoms with van der Waals surface area (Å²) in [5, 5.41) is 23.2. The number of benzene rings is 2. The fraction of sp³-hybridized carbons (Fsp3) is 0.407. The zero-order chi connectivity index (χ0) is 24.3. The Balaban J connectivity index is 1.39. The first kappa shape index (κ1) is 21.0. The molecule has 3 aliphatic heterocycles. The van der Waals surface area contributed by atoms with Crippen LogP contribution in [-0.4, -0.2) is 68.7 Å². The van der Waals surface area contributed by atoms with Crippen LogP contribution in [0.25, 0.3) is 0 Å². The van der Waals surface area contributed by atoms with E-state index < -0.39 is 23.2 Å². The third-order valence-corrected chi connectivity index (χ3v) is 9.18. The molecule has 1 saturated heterocycles. The number of phenols is 1. The Bertz CT molecular complexity index is 1340. The smallest absolute Gasteiger partial charge is 0.262 e.